The Balaban J connectivity index is 1.52. The number of nitrogens with zero attached hydrogens (tertiary/aromatic N) is 2. The summed E-state index contributed by atoms with van der Waals surface area (Å²) in [6, 6.07) is 20.1. The van der Waals surface area contributed by atoms with Crippen LogP contribution in [-0.4, -0.2) is 46.0 Å². The zero-order valence-corrected chi connectivity index (χ0v) is 23.3. The van der Waals surface area contributed by atoms with Crippen LogP contribution in [0.5, 0.6) is 5.75 Å². The lowest BCUT2D eigenvalue weighted by Crippen LogP contribution is -2.41. The van der Waals surface area contributed by atoms with Crippen LogP contribution in [0.15, 0.2) is 71.6 Å². The second kappa shape index (κ2) is 12.5. The second-order valence-corrected chi connectivity index (χ2v) is 11.8. The van der Waals surface area contributed by atoms with Gasteiger partial charge in [-0.3, -0.25) is 14.0 Å². The van der Waals surface area contributed by atoms with Crippen molar-refractivity contribution < 1.29 is 17.9 Å². The van der Waals surface area contributed by atoms with Crippen LogP contribution >= 0.6 is 0 Å². The van der Waals surface area contributed by atoms with E-state index >= 15 is 0 Å². The van der Waals surface area contributed by atoms with E-state index in [2.05, 4.69) is 22.3 Å². The third kappa shape index (κ3) is 6.94. The summed E-state index contributed by atoms with van der Waals surface area (Å²) >= 11 is 0. The molecule has 1 N–H and O–H groups in total. The predicted octanol–water partition coefficient (Wildman–Crippen LogP) is 4.81. The first-order chi connectivity index (χ1) is 18.3. The minimum Gasteiger partial charge on any atom is -0.495 e. The maximum Gasteiger partial charge on any atom is 0.264 e. The summed E-state index contributed by atoms with van der Waals surface area (Å²) in [5, 5.41) is 2.92. The van der Waals surface area contributed by atoms with Gasteiger partial charge >= 0.3 is 0 Å². The van der Waals surface area contributed by atoms with Crippen molar-refractivity contribution in [2.75, 3.05) is 31.0 Å². The van der Waals surface area contributed by atoms with Gasteiger partial charge in [0.2, 0.25) is 5.91 Å². The minimum atomic E-state index is -4.03. The van der Waals surface area contributed by atoms with Gasteiger partial charge in [-0.15, -0.1) is 0 Å². The third-order valence-electron chi connectivity index (χ3n) is 6.84. The van der Waals surface area contributed by atoms with Gasteiger partial charge in [-0.1, -0.05) is 54.4 Å². The SMILES string of the molecule is COc1ccc(C)cc1N(CC(=O)NCc1cccc(CN2CCCCC2)c1)S(=O)(=O)c1ccc(C)cc1. The van der Waals surface area contributed by atoms with E-state index < -0.39 is 15.9 Å². The van der Waals surface area contributed by atoms with E-state index in [1.54, 1.807) is 36.4 Å². The Bertz CT molecular complexity index is 1350. The van der Waals surface area contributed by atoms with Gasteiger partial charge < -0.3 is 10.1 Å². The standard InChI is InChI=1S/C30H37N3O4S/c1-23-10-13-27(14-11-23)38(35,36)33(28-18-24(2)12-15-29(28)37-3)22-30(34)31-20-25-8-7-9-26(19-25)21-32-16-5-4-6-17-32/h7-15,18-19H,4-6,16-17,20-22H2,1-3H3,(H,31,34). The largest absolute Gasteiger partial charge is 0.495 e. The van der Waals surface area contributed by atoms with E-state index in [1.807, 2.05) is 32.0 Å². The van der Waals surface area contributed by atoms with Crippen LogP contribution < -0.4 is 14.4 Å². The van der Waals surface area contributed by atoms with Crippen molar-refractivity contribution in [3.8, 4) is 5.75 Å². The normalized spacial score (nSPS) is 14.2. The summed E-state index contributed by atoms with van der Waals surface area (Å²) in [4.78, 5) is 15.7. The number of aryl methyl sites for hydroxylation is 2. The van der Waals surface area contributed by atoms with Crippen LogP contribution in [0.1, 0.15) is 41.5 Å². The lowest BCUT2D eigenvalue weighted by atomic mass is 10.1. The molecule has 1 heterocycles. The van der Waals surface area contributed by atoms with E-state index in [-0.39, 0.29) is 11.4 Å². The number of likely N-dealkylation sites (tertiary alicyclic amines) is 1. The van der Waals surface area contributed by atoms with Crippen molar-refractivity contribution in [3.63, 3.8) is 0 Å². The molecule has 0 saturated carbocycles. The predicted molar refractivity (Wildman–Crippen MR) is 151 cm³/mol. The van der Waals surface area contributed by atoms with Gasteiger partial charge in [-0.2, -0.15) is 0 Å². The average molecular weight is 536 g/mol. The van der Waals surface area contributed by atoms with Gasteiger partial charge in [0.15, 0.2) is 0 Å². The molecule has 0 spiro atoms. The molecule has 0 aromatic heterocycles. The molecule has 0 aliphatic carbocycles. The van der Waals surface area contributed by atoms with Crippen molar-refractivity contribution in [1.29, 1.82) is 0 Å². The molecular weight excluding hydrogens is 498 g/mol. The highest BCUT2D eigenvalue weighted by Crippen LogP contribution is 2.33. The molecular formula is C30H37N3O4S. The lowest BCUT2D eigenvalue weighted by Gasteiger charge is -2.26. The van der Waals surface area contributed by atoms with Crippen molar-refractivity contribution in [2.45, 2.75) is 51.1 Å². The first kappa shape index (κ1) is 27.7. The van der Waals surface area contributed by atoms with E-state index in [4.69, 9.17) is 4.74 Å². The zero-order valence-electron chi connectivity index (χ0n) is 22.4. The van der Waals surface area contributed by atoms with Crippen LogP contribution in [0.25, 0.3) is 0 Å². The summed E-state index contributed by atoms with van der Waals surface area (Å²) in [6.45, 7) is 6.85. The Morgan fingerprint density at radius 3 is 2.32 bits per heavy atom. The van der Waals surface area contributed by atoms with Gasteiger partial charge in [0, 0.05) is 13.1 Å². The molecule has 1 aliphatic heterocycles. The molecule has 38 heavy (non-hydrogen) atoms. The lowest BCUT2D eigenvalue weighted by molar-refractivity contribution is -0.119. The number of piperidine rings is 1. The molecule has 1 amide bonds. The van der Waals surface area contributed by atoms with Gasteiger partial charge in [0.1, 0.15) is 12.3 Å². The Morgan fingerprint density at radius 2 is 1.61 bits per heavy atom. The molecule has 0 radical (unpaired) electrons. The number of nitrogens with one attached hydrogen (secondary N) is 1. The number of rotatable bonds is 10. The highest BCUT2D eigenvalue weighted by molar-refractivity contribution is 7.92. The summed E-state index contributed by atoms with van der Waals surface area (Å²) in [5.41, 5.74) is 4.33. The molecule has 0 atom stereocenters. The van der Waals surface area contributed by atoms with Gasteiger partial charge in [0.25, 0.3) is 10.0 Å². The molecule has 1 fully saturated rings. The van der Waals surface area contributed by atoms with Crippen LogP contribution in [0.4, 0.5) is 5.69 Å². The number of hydrogen-bond acceptors (Lipinski definition) is 5. The Labute approximate surface area is 226 Å². The van der Waals surface area contributed by atoms with E-state index in [0.29, 0.717) is 18.0 Å². The highest BCUT2D eigenvalue weighted by Gasteiger charge is 2.29. The molecule has 8 heteroatoms. The Hall–Kier alpha value is -3.36. The molecule has 7 nitrogen and oxygen atoms in total. The van der Waals surface area contributed by atoms with E-state index in [0.717, 1.165) is 40.6 Å². The Kier molecular flexibility index (Phi) is 9.07. The molecule has 3 aromatic rings. The van der Waals surface area contributed by atoms with Gasteiger partial charge in [-0.05, 0) is 80.7 Å². The molecule has 0 bridgehead atoms. The number of anilines is 1. The zero-order chi connectivity index (χ0) is 27.1. The highest BCUT2D eigenvalue weighted by atomic mass is 32.2. The number of carbonyl (C=O) groups is 1. The van der Waals surface area contributed by atoms with Crippen molar-refractivity contribution >= 4 is 21.6 Å². The monoisotopic (exact) mass is 535 g/mol. The summed E-state index contributed by atoms with van der Waals surface area (Å²) < 4.78 is 34.1. The van der Waals surface area contributed by atoms with Gasteiger partial charge in [-0.25, -0.2) is 8.42 Å². The van der Waals surface area contributed by atoms with Crippen LogP contribution in [-0.2, 0) is 27.9 Å². The van der Waals surface area contributed by atoms with Crippen LogP contribution in [0, 0.1) is 13.8 Å². The van der Waals surface area contributed by atoms with E-state index in [1.165, 1.54) is 31.9 Å². The fourth-order valence-electron chi connectivity index (χ4n) is 4.73. The fourth-order valence-corrected chi connectivity index (χ4v) is 6.16. The van der Waals surface area contributed by atoms with Crippen molar-refractivity contribution in [3.05, 3.63) is 89.0 Å². The first-order valence-corrected chi connectivity index (χ1v) is 14.5. The second-order valence-electron chi connectivity index (χ2n) is 9.93. The molecule has 0 unspecified atom stereocenters. The maximum absolute atomic E-state index is 13.8. The number of carbonyl (C=O) groups excluding carboxylic acids is 1. The summed E-state index contributed by atoms with van der Waals surface area (Å²) in [5.74, 6) is -0.0184. The quantitative estimate of drug-likeness (QED) is 0.403. The van der Waals surface area contributed by atoms with Crippen LogP contribution in [0.3, 0.4) is 0 Å². The smallest absolute Gasteiger partial charge is 0.264 e. The molecule has 4 rings (SSSR count). The van der Waals surface area contributed by atoms with Crippen molar-refractivity contribution in [2.24, 2.45) is 0 Å². The molecule has 3 aromatic carbocycles. The average Bonchev–Trinajstić information content (AvgIpc) is 2.91. The van der Waals surface area contributed by atoms with Crippen LogP contribution in [0.2, 0.25) is 0 Å². The fraction of sp³-hybridized carbons (Fsp3) is 0.367. The molecule has 1 aliphatic rings. The molecule has 1 saturated heterocycles. The number of methoxy groups -OCH3 is 1. The van der Waals surface area contributed by atoms with E-state index in [9.17, 15) is 13.2 Å². The number of amides is 1. The first-order valence-electron chi connectivity index (χ1n) is 13.1. The number of benzene rings is 3. The summed E-state index contributed by atoms with van der Waals surface area (Å²) in [7, 11) is -2.55. The number of ether oxygens (including phenoxy) is 1. The summed E-state index contributed by atoms with van der Waals surface area (Å²) in [6.07, 6.45) is 3.78. The number of sulfonamides is 1. The number of hydrogen-bond donors (Lipinski definition) is 1. The van der Waals surface area contributed by atoms with Gasteiger partial charge in [0.05, 0.1) is 17.7 Å². The topological polar surface area (TPSA) is 79.0 Å². The maximum atomic E-state index is 13.8. The third-order valence-corrected chi connectivity index (χ3v) is 8.61. The minimum absolute atomic E-state index is 0.116. The van der Waals surface area contributed by atoms with Crippen molar-refractivity contribution in [1.82, 2.24) is 10.2 Å². The molecule has 202 valence electrons. The Morgan fingerprint density at radius 1 is 0.921 bits per heavy atom.